The van der Waals surface area contributed by atoms with Crippen LogP contribution in [0.25, 0.3) is 0 Å². The fourth-order valence-corrected chi connectivity index (χ4v) is 5.53. The number of fused-ring (bicyclic) bond motifs is 1. The van der Waals surface area contributed by atoms with Gasteiger partial charge in [-0.05, 0) is 54.8 Å². The summed E-state index contributed by atoms with van der Waals surface area (Å²) >= 11 is 0. The lowest BCUT2D eigenvalue weighted by Gasteiger charge is -2.37. The molecule has 0 bridgehead atoms. The third kappa shape index (κ3) is 4.19. The summed E-state index contributed by atoms with van der Waals surface area (Å²) in [7, 11) is -4.18. The molecule has 9 heteroatoms. The summed E-state index contributed by atoms with van der Waals surface area (Å²) in [6.45, 7) is 3.21. The first-order chi connectivity index (χ1) is 15.7. The Morgan fingerprint density at radius 1 is 0.939 bits per heavy atom. The van der Waals surface area contributed by atoms with Gasteiger partial charge in [-0.1, -0.05) is 42.5 Å². The molecule has 0 unspecified atom stereocenters. The van der Waals surface area contributed by atoms with E-state index in [4.69, 9.17) is 0 Å². The second-order valence-electron chi connectivity index (χ2n) is 7.75. The highest BCUT2D eigenvalue weighted by Gasteiger charge is 2.43. The van der Waals surface area contributed by atoms with Crippen molar-refractivity contribution >= 4 is 33.3 Å². The quantitative estimate of drug-likeness (QED) is 0.617. The number of aryl methyl sites for hydroxylation is 2. The number of benzene rings is 3. The largest absolute Gasteiger partial charge is 0.350 e. The van der Waals surface area contributed by atoms with Crippen LogP contribution in [0, 0.1) is 19.7 Å². The Morgan fingerprint density at radius 3 is 2.24 bits per heavy atom. The predicted octanol–water partition coefficient (Wildman–Crippen LogP) is 3.89. The minimum atomic E-state index is -4.18. The number of carbonyl (C=O) groups is 2. The molecule has 0 radical (unpaired) electrons. The fourth-order valence-electron chi connectivity index (χ4n) is 3.81. The van der Waals surface area contributed by atoms with Crippen LogP contribution < -0.4 is 14.5 Å². The predicted molar refractivity (Wildman–Crippen MR) is 123 cm³/mol. The number of para-hydroxylation sites is 2. The summed E-state index contributed by atoms with van der Waals surface area (Å²) in [5.74, 6) is -0.864. The van der Waals surface area contributed by atoms with Gasteiger partial charge in [-0.15, -0.1) is 0 Å². The van der Waals surface area contributed by atoms with E-state index in [0.29, 0.717) is 16.7 Å². The summed E-state index contributed by atoms with van der Waals surface area (Å²) in [6, 6.07) is 16.2. The topological polar surface area (TPSA) is 86.8 Å². The van der Waals surface area contributed by atoms with Crippen LogP contribution in [-0.2, 0) is 21.4 Å². The van der Waals surface area contributed by atoms with E-state index in [-0.39, 0.29) is 35.2 Å². The van der Waals surface area contributed by atoms with E-state index in [9.17, 15) is 22.4 Å². The maximum atomic E-state index is 13.5. The zero-order chi connectivity index (χ0) is 23.8. The first-order valence-electron chi connectivity index (χ1n) is 10.2. The van der Waals surface area contributed by atoms with E-state index in [0.717, 1.165) is 9.21 Å². The molecule has 1 heterocycles. The van der Waals surface area contributed by atoms with Crippen LogP contribution in [0.3, 0.4) is 0 Å². The van der Waals surface area contributed by atoms with Gasteiger partial charge >= 0.3 is 6.03 Å². The molecule has 170 valence electrons. The van der Waals surface area contributed by atoms with Gasteiger partial charge in [0.1, 0.15) is 17.3 Å². The summed E-state index contributed by atoms with van der Waals surface area (Å²) < 4.78 is 40.7. The Balaban J connectivity index is 1.68. The third-order valence-corrected chi connectivity index (χ3v) is 7.15. The van der Waals surface area contributed by atoms with Gasteiger partial charge in [-0.25, -0.2) is 17.6 Å². The summed E-state index contributed by atoms with van der Waals surface area (Å²) in [4.78, 5) is 27.3. The first kappa shape index (κ1) is 22.5. The highest BCUT2D eigenvalue weighted by atomic mass is 32.2. The number of carbonyl (C=O) groups excluding carboxylic acids is 2. The lowest BCUT2D eigenvalue weighted by molar-refractivity contribution is -0.119. The van der Waals surface area contributed by atoms with Gasteiger partial charge in [0.05, 0.1) is 11.4 Å². The molecule has 0 aliphatic carbocycles. The fraction of sp³-hybridized carbons (Fsp3) is 0.167. The van der Waals surface area contributed by atoms with Crippen molar-refractivity contribution in [1.82, 2.24) is 5.32 Å². The molecular formula is C24H22FN3O4S. The van der Waals surface area contributed by atoms with Gasteiger partial charge < -0.3 is 5.32 Å². The molecule has 0 fully saturated rings. The number of urea groups is 1. The molecule has 1 N–H and O–H groups in total. The molecule has 1 aliphatic heterocycles. The van der Waals surface area contributed by atoms with Gasteiger partial charge in [-0.2, -0.15) is 4.31 Å². The zero-order valence-corrected chi connectivity index (χ0v) is 18.9. The number of amides is 3. The average Bonchev–Trinajstić information content (AvgIpc) is 2.78. The Hall–Kier alpha value is -3.72. The van der Waals surface area contributed by atoms with Gasteiger partial charge in [0.15, 0.2) is 0 Å². The van der Waals surface area contributed by atoms with E-state index < -0.39 is 22.0 Å². The molecule has 3 amide bonds. The van der Waals surface area contributed by atoms with Gasteiger partial charge in [0.25, 0.3) is 10.0 Å². The molecule has 0 atom stereocenters. The van der Waals surface area contributed by atoms with Crippen molar-refractivity contribution in [2.24, 2.45) is 0 Å². The Morgan fingerprint density at radius 2 is 1.58 bits per heavy atom. The number of anilines is 2. The number of nitrogens with zero attached hydrogens (tertiary/aromatic N) is 2. The molecule has 1 aliphatic rings. The highest BCUT2D eigenvalue weighted by Crippen LogP contribution is 2.39. The molecule has 0 saturated heterocycles. The molecule has 4 rings (SSSR count). The smallest absolute Gasteiger partial charge is 0.343 e. The molecular weight excluding hydrogens is 445 g/mol. The van der Waals surface area contributed by atoms with Gasteiger partial charge in [0.2, 0.25) is 5.91 Å². The Labute approximate surface area is 191 Å². The number of halogens is 1. The van der Waals surface area contributed by atoms with Crippen LogP contribution in [0.5, 0.6) is 0 Å². The van der Waals surface area contributed by atoms with E-state index in [2.05, 4.69) is 5.32 Å². The van der Waals surface area contributed by atoms with Crippen LogP contribution in [0.2, 0.25) is 0 Å². The second kappa shape index (κ2) is 8.67. The van der Waals surface area contributed by atoms with E-state index in [1.54, 1.807) is 56.3 Å². The summed E-state index contributed by atoms with van der Waals surface area (Å²) in [5.41, 5.74) is 2.34. The van der Waals surface area contributed by atoms with Crippen LogP contribution in [0.15, 0.2) is 71.6 Å². The van der Waals surface area contributed by atoms with Crippen molar-refractivity contribution in [2.45, 2.75) is 25.3 Å². The summed E-state index contributed by atoms with van der Waals surface area (Å²) in [5, 5.41) is 2.69. The number of nitrogens with one attached hydrogen (secondary N) is 1. The first-order valence-corrected chi connectivity index (χ1v) is 11.7. The van der Waals surface area contributed by atoms with Crippen LogP contribution in [-0.4, -0.2) is 26.9 Å². The van der Waals surface area contributed by atoms with Crippen LogP contribution in [0.4, 0.5) is 20.6 Å². The molecule has 3 aromatic rings. The number of rotatable bonds is 5. The highest BCUT2D eigenvalue weighted by molar-refractivity contribution is 7.94. The maximum Gasteiger partial charge on any atom is 0.343 e. The SMILES string of the molecule is Cc1cccc(C)c1N1C(=O)N(CC(=O)NCc2ccc(F)cc2)c2ccccc2S1(=O)=O. The standard InChI is InChI=1S/C24H22FN3O4S/c1-16-6-5-7-17(2)23(16)28-24(30)27(20-8-3-4-9-21(20)33(28,31)32)15-22(29)26-14-18-10-12-19(25)13-11-18/h3-13H,14-15H2,1-2H3,(H,26,29). The maximum absolute atomic E-state index is 13.5. The van der Waals surface area contributed by atoms with Crippen molar-refractivity contribution in [2.75, 3.05) is 15.7 Å². The third-order valence-electron chi connectivity index (χ3n) is 5.43. The lowest BCUT2D eigenvalue weighted by Crippen LogP contribution is -2.54. The second-order valence-corrected chi connectivity index (χ2v) is 9.50. The van der Waals surface area contributed by atoms with Crippen LogP contribution >= 0.6 is 0 Å². The molecule has 7 nitrogen and oxygen atoms in total. The minimum absolute atomic E-state index is 0.0569. The molecule has 33 heavy (non-hydrogen) atoms. The average molecular weight is 468 g/mol. The van der Waals surface area contributed by atoms with Crippen molar-refractivity contribution in [1.29, 1.82) is 0 Å². The van der Waals surface area contributed by atoms with E-state index in [1.807, 2.05) is 0 Å². The Bertz CT molecular complexity index is 1320. The number of hydrogen-bond donors (Lipinski definition) is 1. The van der Waals surface area contributed by atoms with Crippen LogP contribution in [0.1, 0.15) is 16.7 Å². The molecule has 0 aromatic heterocycles. The van der Waals surface area contributed by atoms with Crippen molar-refractivity contribution in [3.8, 4) is 0 Å². The van der Waals surface area contributed by atoms with E-state index in [1.165, 1.54) is 24.3 Å². The monoisotopic (exact) mass is 467 g/mol. The van der Waals surface area contributed by atoms with Crippen molar-refractivity contribution < 1.29 is 22.4 Å². The minimum Gasteiger partial charge on any atom is -0.350 e. The van der Waals surface area contributed by atoms with E-state index >= 15 is 0 Å². The number of sulfonamides is 1. The molecule has 3 aromatic carbocycles. The Kier molecular flexibility index (Phi) is 5.90. The lowest BCUT2D eigenvalue weighted by atomic mass is 10.1. The normalized spacial score (nSPS) is 14.7. The van der Waals surface area contributed by atoms with Crippen molar-refractivity contribution in [3.05, 3.63) is 89.2 Å². The molecule has 0 saturated carbocycles. The van der Waals surface area contributed by atoms with Crippen molar-refractivity contribution in [3.63, 3.8) is 0 Å². The number of hydrogen-bond acceptors (Lipinski definition) is 4. The summed E-state index contributed by atoms with van der Waals surface area (Å²) in [6.07, 6.45) is 0. The van der Waals surface area contributed by atoms with Gasteiger partial charge in [0, 0.05) is 6.54 Å². The molecule has 0 spiro atoms. The zero-order valence-electron chi connectivity index (χ0n) is 18.1. The van der Waals surface area contributed by atoms with Gasteiger partial charge in [-0.3, -0.25) is 9.69 Å².